The van der Waals surface area contributed by atoms with Crippen LogP contribution in [0.4, 0.5) is 5.69 Å². The molecule has 4 rings (SSSR count). The number of pyridine rings is 1. The van der Waals surface area contributed by atoms with Gasteiger partial charge in [0.2, 0.25) is 5.56 Å². The van der Waals surface area contributed by atoms with Gasteiger partial charge in [0.1, 0.15) is 0 Å². The van der Waals surface area contributed by atoms with E-state index in [2.05, 4.69) is 10.3 Å². The molecule has 4 aromatic rings. The van der Waals surface area contributed by atoms with Crippen LogP contribution in [0.25, 0.3) is 21.7 Å². The number of aromatic nitrogens is 1. The number of nitrogens with one attached hydrogen (secondary N) is 2. The second-order valence-corrected chi connectivity index (χ2v) is 6.25. The molecular formula is C22H18N2O2. The average Bonchev–Trinajstić information content (AvgIpc) is 2.66. The van der Waals surface area contributed by atoms with E-state index in [1.165, 1.54) is 0 Å². The molecule has 1 heterocycles. The van der Waals surface area contributed by atoms with E-state index in [-0.39, 0.29) is 11.5 Å². The number of anilines is 1. The van der Waals surface area contributed by atoms with Crippen molar-refractivity contribution < 1.29 is 4.79 Å². The molecule has 0 radical (unpaired) electrons. The van der Waals surface area contributed by atoms with E-state index in [0.717, 1.165) is 33.7 Å². The number of rotatable bonds is 3. The summed E-state index contributed by atoms with van der Waals surface area (Å²) in [6, 6.07) is 20.7. The highest BCUT2D eigenvalue weighted by Crippen LogP contribution is 2.23. The smallest absolute Gasteiger partial charge is 0.256 e. The van der Waals surface area contributed by atoms with Gasteiger partial charge in [0, 0.05) is 22.7 Å². The number of fused-ring (bicyclic) bond motifs is 2. The van der Waals surface area contributed by atoms with Crippen molar-refractivity contribution in [2.24, 2.45) is 0 Å². The van der Waals surface area contributed by atoms with Crippen LogP contribution in [0.1, 0.15) is 22.8 Å². The van der Waals surface area contributed by atoms with Gasteiger partial charge in [-0.25, -0.2) is 0 Å². The van der Waals surface area contributed by atoms with Gasteiger partial charge in [-0.15, -0.1) is 0 Å². The molecule has 0 unspecified atom stereocenters. The van der Waals surface area contributed by atoms with E-state index in [1.807, 2.05) is 61.5 Å². The Kier molecular flexibility index (Phi) is 4.01. The second kappa shape index (κ2) is 6.48. The average molecular weight is 342 g/mol. The predicted molar refractivity (Wildman–Crippen MR) is 106 cm³/mol. The number of carbonyl (C=O) groups excluding carboxylic acids is 1. The molecule has 2 N–H and O–H groups in total. The Morgan fingerprint density at radius 1 is 0.962 bits per heavy atom. The minimum Gasteiger partial charge on any atom is -0.322 e. The number of amides is 1. The number of hydrogen-bond donors (Lipinski definition) is 2. The summed E-state index contributed by atoms with van der Waals surface area (Å²) >= 11 is 0. The van der Waals surface area contributed by atoms with E-state index >= 15 is 0 Å². The van der Waals surface area contributed by atoms with Crippen molar-refractivity contribution in [3.05, 3.63) is 88.2 Å². The van der Waals surface area contributed by atoms with Crippen molar-refractivity contribution in [3.63, 3.8) is 0 Å². The van der Waals surface area contributed by atoms with Gasteiger partial charge >= 0.3 is 0 Å². The molecule has 0 fully saturated rings. The van der Waals surface area contributed by atoms with E-state index in [9.17, 15) is 9.59 Å². The number of benzene rings is 3. The Labute approximate surface area is 150 Å². The van der Waals surface area contributed by atoms with Gasteiger partial charge in [0.25, 0.3) is 5.91 Å². The summed E-state index contributed by atoms with van der Waals surface area (Å²) in [7, 11) is 0. The molecule has 0 aliphatic heterocycles. The van der Waals surface area contributed by atoms with Crippen molar-refractivity contribution in [2.45, 2.75) is 13.3 Å². The first-order valence-corrected chi connectivity index (χ1v) is 8.61. The molecule has 4 heteroatoms. The molecule has 0 aliphatic carbocycles. The highest BCUT2D eigenvalue weighted by molar-refractivity contribution is 6.13. The number of carbonyl (C=O) groups is 1. The topological polar surface area (TPSA) is 62.0 Å². The molecule has 0 atom stereocenters. The lowest BCUT2D eigenvalue weighted by Gasteiger charge is -2.10. The standard InChI is InChI=1S/C22H18N2O2/c1-2-14-12-21(25)24-20-13-16(10-11-18(14)20)23-22(26)19-9-5-7-15-6-3-4-8-17(15)19/h3-13H,2H2,1H3,(H,23,26)(H,24,25). The maximum Gasteiger partial charge on any atom is 0.256 e. The zero-order chi connectivity index (χ0) is 18.1. The third kappa shape index (κ3) is 2.86. The van der Waals surface area contributed by atoms with Crippen LogP contribution < -0.4 is 10.9 Å². The maximum absolute atomic E-state index is 12.8. The summed E-state index contributed by atoms with van der Waals surface area (Å²) < 4.78 is 0. The quantitative estimate of drug-likeness (QED) is 0.576. The summed E-state index contributed by atoms with van der Waals surface area (Å²) in [6.45, 7) is 2.02. The van der Waals surface area contributed by atoms with Gasteiger partial charge in [-0.2, -0.15) is 0 Å². The van der Waals surface area contributed by atoms with Crippen LogP contribution >= 0.6 is 0 Å². The number of aryl methyl sites for hydroxylation is 1. The van der Waals surface area contributed by atoms with E-state index < -0.39 is 0 Å². The second-order valence-electron chi connectivity index (χ2n) is 6.25. The first-order chi connectivity index (χ1) is 12.7. The molecular weight excluding hydrogens is 324 g/mol. The molecule has 0 saturated heterocycles. The van der Waals surface area contributed by atoms with E-state index in [0.29, 0.717) is 11.3 Å². The fraction of sp³-hybridized carbons (Fsp3) is 0.0909. The van der Waals surface area contributed by atoms with E-state index in [1.54, 1.807) is 12.1 Å². The number of H-pyrrole nitrogens is 1. The Bertz CT molecular complexity index is 1190. The molecule has 26 heavy (non-hydrogen) atoms. The monoisotopic (exact) mass is 342 g/mol. The third-order valence-electron chi connectivity index (χ3n) is 4.60. The number of aromatic amines is 1. The van der Waals surface area contributed by atoms with Gasteiger partial charge in [-0.05, 0) is 41.0 Å². The highest BCUT2D eigenvalue weighted by atomic mass is 16.1. The van der Waals surface area contributed by atoms with Crippen LogP contribution in [0, 0.1) is 0 Å². The lowest BCUT2D eigenvalue weighted by atomic mass is 10.0. The van der Waals surface area contributed by atoms with Gasteiger partial charge in [0.15, 0.2) is 0 Å². The fourth-order valence-electron chi connectivity index (χ4n) is 3.32. The maximum atomic E-state index is 12.8. The molecule has 1 amide bonds. The zero-order valence-electron chi connectivity index (χ0n) is 14.4. The zero-order valence-corrected chi connectivity index (χ0v) is 14.4. The van der Waals surface area contributed by atoms with Crippen molar-refractivity contribution in [1.29, 1.82) is 0 Å². The summed E-state index contributed by atoms with van der Waals surface area (Å²) in [6.07, 6.45) is 0.780. The third-order valence-corrected chi connectivity index (χ3v) is 4.60. The molecule has 128 valence electrons. The van der Waals surface area contributed by atoms with Crippen LogP contribution in [0.2, 0.25) is 0 Å². The molecule has 0 saturated carbocycles. The lowest BCUT2D eigenvalue weighted by molar-refractivity contribution is 0.102. The molecule has 0 bridgehead atoms. The summed E-state index contributed by atoms with van der Waals surface area (Å²) in [5, 5.41) is 5.87. The van der Waals surface area contributed by atoms with Gasteiger partial charge in [-0.3, -0.25) is 9.59 Å². The van der Waals surface area contributed by atoms with Crippen LogP contribution in [0.5, 0.6) is 0 Å². The number of hydrogen-bond acceptors (Lipinski definition) is 2. The summed E-state index contributed by atoms with van der Waals surface area (Å²) in [5.41, 5.74) is 2.87. The minimum atomic E-state index is -0.171. The SMILES string of the molecule is CCc1cc(=O)[nH]c2cc(NC(=O)c3cccc4ccccc34)ccc12. The molecule has 4 nitrogen and oxygen atoms in total. The largest absolute Gasteiger partial charge is 0.322 e. The normalized spacial score (nSPS) is 11.0. The predicted octanol–water partition coefficient (Wildman–Crippen LogP) is 4.50. The van der Waals surface area contributed by atoms with Crippen molar-refractivity contribution in [3.8, 4) is 0 Å². The first kappa shape index (κ1) is 16.1. The molecule has 3 aromatic carbocycles. The minimum absolute atomic E-state index is 0.133. The highest BCUT2D eigenvalue weighted by Gasteiger charge is 2.11. The Hall–Kier alpha value is -3.40. The van der Waals surface area contributed by atoms with E-state index in [4.69, 9.17) is 0 Å². The van der Waals surface area contributed by atoms with Crippen LogP contribution in [0.3, 0.4) is 0 Å². The van der Waals surface area contributed by atoms with Crippen molar-refractivity contribution in [2.75, 3.05) is 5.32 Å². The van der Waals surface area contributed by atoms with Crippen LogP contribution in [-0.4, -0.2) is 10.9 Å². The first-order valence-electron chi connectivity index (χ1n) is 8.61. The van der Waals surface area contributed by atoms with Crippen molar-refractivity contribution >= 4 is 33.3 Å². The summed E-state index contributed by atoms with van der Waals surface area (Å²) in [4.78, 5) is 27.4. The van der Waals surface area contributed by atoms with Gasteiger partial charge in [-0.1, -0.05) is 49.4 Å². The molecule has 0 aliphatic rings. The fourth-order valence-corrected chi connectivity index (χ4v) is 3.32. The lowest BCUT2D eigenvalue weighted by Crippen LogP contribution is -2.13. The van der Waals surface area contributed by atoms with Crippen LogP contribution in [-0.2, 0) is 6.42 Å². The Balaban J connectivity index is 1.72. The van der Waals surface area contributed by atoms with Crippen molar-refractivity contribution in [1.82, 2.24) is 4.98 Å². The van der Waals surface area contributed by atoms with Crippen LogP contribution in [0.15, 0.2) is 71.5 Å². The summed E-state index contributed by atoms with van der Waals surface area (Å²) in [5.74, 6) is -0.171. The Morgan fingerprint density at radius 2 is 1.77 bits per heavy atom. The molecule has 1 aromatic heterocycles. The molecule has 0 spiro atoms. The van der Waals surface area contributed by atoms with Gasteiger partial charge in [0.05, 0.1) is 5.52 Å². The van der Waals surface area contributed by atoms with Gasteiger partial charge < -0.3 is 10.3 Å². The Morgan fingerprint density at radius 3 is 2.62 bits per heavy atom.